The summed E-state index contributed by atoms with van der Waals surface area (Å²) in [6, 6.07) is 11.0. The van der Waals surface area contributed by atoms with Crippen LogP contribution < -0.4 is 0 Å². The maximum Gasteiger partial charge on any atom is 0.000674 e. The molecule has 0 amide bonds. The van der Waals surface area contributed by atoms with Crippen LogP contribution in [0.15, 0.2) is 30.3 Å². The molecule has 0 bridgehead atoms. The lowest BCUT2D eigenvalue weighted by Gasteiger charge is -2.21. The monoisotopic (exact) mass is 387 g/mol. The minimum absolute atomic E-state index is 0.801. The summed E-state index contributed by atoms with van der Waals surface area (Å²) in [5.74, 6) is 0.801. The molecule has 1 aromatic rings. The van der Waals surface area contributed by atoms with Gasteiger partial charge in [-0.3, -0.25) is 0 Å². The van der Waals surface area contributed by atoms with Crippen molar-refractivity contribution < 1.29 is 0 Å². The van der Waals surface area contributed by atoms with Gasteiger partial charge in [-0.2, -0.15) is 0 Å². The fraction of sp³-hybridized carbons (Fsp3) is 0.778. The molecule has 1 aromatic carbocycles. The Morgan fingerprint density at radius 2 is 1.11 bits per heavy atom. The van der Waals surface area contributed by atoms with Gasteiger partial charge in [0, 0.05) is 6.54 Å². The van der Waals surface area contributed by atoms with Crippen molar-refractivity contribution >= 4 is 0 Å². The molecule has 0 aromatic heterocycles. The van der Waals surface area contributed by atoms with Gasteiger partial charge < -0.3 is 4.90 Å². The number of hydrogen-bond donors (Lipinski definition) is 0. The van der Waals surface area contributed by atoms with Crippen LogP contribution >= 0.6 is 0 Å². The van der Waals surface area contributed by atoms with E-state index in [1.165, 1.54) is 115 Å². The summed E-state index contributed by atoms with van der Waals surface area (Å²) in [6.45, 7) is 3.51. The van der Waals surface area contributed by atoms with Gasteiger partial charge in [0.1, 0.15) is 0 Å². The van der Waals surface area contributed by atoms with E-state index < -0.39 is 0 Å². The molecule has 0 aliphatic carbocycles. The molecule has 0 heterocycles. The molecule has 1 atom stereocenters. The molecule has 0 aliphatic rings. The molecule has 0 N–H and O–H groups in total. The van der Waals surface area contributed by atoms with Crippen LogP contribution in [0, 0.1) is 5.92 Å². The highest BCUT2D eigenvalue weighted by Gasteiger charge is 2.10. The van der Waals surface area contributed by atoms with E-state index in [1.54, 1.807) is 0 Å². The fourth-order valence-corrected chi connectivity index (χ4v) is 4.35. The molecule has 0 fully saturated rings. The summed E-state index contributed by atoms with van der Waals surface area (Å²) in [5, 5.41) is 0. The normalized spacial score (nSPS) is 12.6. The Kier molecular flexibility index (Phi) is 16.4. The van der Waals surface area contributed by atoms with Gasteiger partial charge in [-0.05, 0) is 38.4 Å². The molecule has 0 radical (unpaired) electrons. The Balaban J connectivity index is 1.96. The highest BCUT2D eigenvalue weighted by atomic mass is 15.1. The topological polar surface area (TPSA) is 3.24 Å². The SMILES string of the molecule is CCCCCCCCCCCCCCCCC(Cc1ccccc1)CN(C)C. The Hall–Kier alpha value is -0.820. The maximum atomic E-state index is 2.36. The summed E-state index contributed by atoms with van der Waals surface area (Å²) in [4.78, 5) is 2.36. The molecular formula is C27H49N. The molecule has 1 rings (SSSR count). The Morgan fingerprint density at radius 3 is 1.57 bits per heavy atom. The largest absolute Gasteiger partial charge is 0.309 e. The van der Waals surface area contributed by atoms with Crippen LogP contribution in [0.2, 0.25) is 0 Å². The molecule has 0 saturated carbocycles. The van der Waals surface area contributed by atoms with Gasteiger partial charge in [-0.1, -0.05) is 127 Å². The van der Waals surface area contributed by atoms with E-state index >= 15 is 0 Å². The van der Waals surface area contributed by atoms with Crippen molar-refractivity contribution in [1.29, 1.82) is 0 Å². The second-order valence-electron chi connectivity index (χ2n) is 9.20. The Morgan fingerprint density at radius 1 is 0.643 bits per heavy atom. The summed E-state index contributed by atoms with van der Waals surface area (Å²) < 4.78 is 0. The van der Waals surface area contributed by atoms with Gasteiger partial charge in [0.05, 0.1) is 0 Å². The Bertz CT molecular complexity index is 425. The first-order valence-corrected chi connectivity index (χ1v) is 12.4. The van der Waals surface area contributed by atoms with Gasteiger partial charge in [0.2, 0.25) is 0 Å². The first kappa shape index (κ1) is 25.2. The van der Waals surface area contributed by atoms with E-state index in [9.17, 15) is 0 Å². The van der Waals surface area contributed by atoms with Gasteiger partial charge in [0.15, 0.2) is 0 Å². The van der Waals surface area contributed by atoms with Gasteiger partial charge in [-0.25, -0.2) is 0 Å². The van der Waals surface area contributed by atoms with E-state index in [0.717, 1.165) is 5.92 Å². The number of nitrogens with zero attached hydrogens (tertiary/aromatic N) is 1. The minimum atomic E-state index is 0.801. The Labute approximate surface area is 177 Å². The van der Waals surface area contributed by atoms with Crippen LogP contribution in [0.1, 0.15) is 109 Å². The standard InChI is InChI=1S/C27H49N/c1-4-5-6-7-8-9-10-11-12-13-14-15-16-18-23-27(25-28(2)3)24-26-21-19-17-20-22-26/h17,19-22,27H,4-16,18,23-25H2,1-3H3. The van der Waals surface area contributed by atoms with E-state index in [2.05, 4.69) is 56.3 Å². The van der Waals surface area contributed by atoms with Crippen molar-refractivity contribution in [3.63, 3.8) is 0 Å². The molecule has 1 heteroatoms. The predicted molar refractivity (Wildman–Crippen MR) is 127 cm³/mol. The third kappa shape index (κ3) is 15.1. The zero-order valence-corrected chi connectivity index (χ0v) is 19.4. The van der Waals surface area contributed by atoms with Crippen LogP contribution in [-0.2, 0) is 6.42 Å². The second-order valence-corrected chi connectivity index (χ2v) is 9.20. The molecule has 0 spiro atoms. The van der Waals surface area contributed by atoms with Crippen molar-refractivity contribution in [1.82, 2.24) is 4.90 Å². The van der Waals surface area contributed by atoms with Crippen molar-refractivity contribution in [3.05, 3.63) is 35.9 Å². The zero-order valence-electron chi connectivity index (χ0n) is 19.4. The lowest BCUT2D eigenvalue weighted by atomic mass is 9.93. The van der Waals surface area contributed by atoms with Crippen LogP contribution in [-0.4, -0.2) is 25.5 Å². The van der Waals surface area contributed by atoms with Crippen LogP contribution in [0.4, 0.5) is 0 Å². The van der Waals surface area contributed by atoms with Crippen molar-refractivity contribution in [2.24, 2.45) is 5.92 Å². The molecular weight excluding hydrogens is 338 g/mol. The van der Waals surface area contributed by atoms with E-state index in [4.69, 9.17) is 0 Å². The number of benzene rings is 1. The third-order valence-corrected chi connectivity index (χ3v) is 5.96. The zero-order chi connectivity index (χ0) is 20.3. The molecule has 0 saturated heterocycles. The first-order valence-electron chi connectivity index (χ1n) is 12.4. The fourth-order valence-electron chi connectivity index (χ4n) is 4.35. The van der Waals surface area contributed by atoms with Crippen molar-refractivity contribution in [2.75, 3.05) is 20.6 Å². The van der Waals surface area contributed by atoms with Crippen molar-refractivity contribution in [2.45, 2.75) is 110 Å². The number of unbranched alkanes of at least 4 members (excludes halogenated alkanes) is 13. The lowest BCUT2D eigenvalue weighted by molar-refractivity contribution is 0.303. The molecule has 162 valence electrons. The van der Waals surface area contributed by atoms with E-state index in [-0.39, 0.29) is 0 Å². The smallest absolute Gasteiger partial charge is 0.000674 e. The third-order valence-electron chi connectivity index (χ3n) is 5.96. The van der Waals surface area contributed by atoms with Gasteiger partial charge in [-0.15, -0.1) is 0 Å². The van der Waals surface area contributed by atoms with Crippen molar-refractivity contribution in [3.8, 4) is 0 Å². The molecule has 1 nitrogen and oxygen atoms in total. The van der Waals surface area contributed by atoms with Crippen LogP contribution in [0.25, 0.3) is 0 Å². The van der Waals surface area contributed by atoms with E-state index in [0.29, 0.717) is 0 Å². The summed E-state index contributed by atoms with van der Waals surface area (Å²) in [5.41, 5.74) is 1.50. The van der Waals surface area contributed by atoms with Crippen LogP contribution in [0.5, 0.6) is 0 Å². The molecule has 28 heavy (non-hydrogen) atoms. The maximum absolute atomic E-state index is 2.36. The average Bonchev–Trinajstić information content (AvgIpc) is 2.68. The quantitative estimate of drug-likeness (QED) is 0.216. The lowest BCUT2D eigenvalue weighted by Crippen LogP contribution is -2.23. The highest BCUT2D eigenvalue weighted by molar-refractivity contribution is 5.15. The number of hydrogen-bond acceptors (Lipinski definition) is 1. The summed E-state index contributed by atoms with van der Waals surface area (Å²) in [6.07, 6.45) is 22.9. The predicted octanol–water partition coefficient (Wildman–Crippen LogP) is 8.28. The van der Waals surface area contributed by atoms with Gasteiger partial charge >= 0.3 is 0 Å². The molecule has 1 unspecified atom stereocenters. The second kappa shape index (κ2) is 18.2. The highest BCUT2D eigenvalue weighted by Crippen LogP contribution is 2.18. The minimum Gasteiger partial charge on any atom is -0.309 e. The molecule has 0 aliphatic heterocycles. The number of rotatable bonds is 19. The summed E-state index contributed by atoms with van der Waals surface area (Å²) >= 11 is 0. The van der Waals surface area contributed by atoms with E-state index in [1.807, 2.05) is 0 Å². The summed E-state index contributed by atoms with van der Waals surface area (Å²) in [7, 11) is 4.42. The first-order chi connectivity index (χ1) is 13.7. The van der Waals surface area contributed by atoms with Crippen LogP contribution in [0.3, 0.4) is 0 Å². The average molecular weight is 388 g/mol. The van der Waals surface area contributed by atoms with Gasteiger partial charge in [0.25, 0.3) is 0 Å².